The van der Waals surface area contributed by atoms with E-state index in [-0.39, 0.29) is 12.0 Å². The van der Waals surface area contributed by atoms with E-state index in [2.05, 4.69) is 21.8 Å². The number of carbonyl (C=O) groups is 1. The second-order valence-electron chi connectivity index (χ2n) is 6.98. The van der Waals surface area contributed by atoms with E-state index in [1.165, 1.54) is 0 Å². The van der Waals surface area contributed by atoms with Gasteiger partial charge in [0.05, 0.1) is 29.3 Å². The van der Waals surface area contributed by atoms with Crippen molar-refractivity contribution >= 4 is 23.0 Å². The van der Waals surface area contributed by atoms with Gasteiger partial charge in [-0.3, -0.25) is 9.55 Å². The molecule has 2 aromatic heterocycles. The van der Waals surface area contributed by atoms with E-state index in [4.69, 9.17) is 9.72 Å². The average molecular weight is 376 g/mol. The highest BCUT2D eigenvalue weighted by Gasteiger charge is 2.34. The molecule has 144 valence electrons. The molecule has 0 radical (unpaired) electrons. The minimum Gasteiger partial charge on any atom is -0.462 e. The first-order valence-corrected chi connectivity index (χ1v) is 9.72. The van der Waals surface area contributed by atoms with Crippen molar-refractivity contribution in [2.24, 2.45) is 0 Å². The number of ether oxygens (including phenoxy) is 1. The van der Waals surface area contributed by atoms with E-state index >= 15 is 0 Å². The third-order valence-electron chi connectivity index (χ3n) is 5.05. The zero-order valence-corrected chi connectivity index (χ0v) is 16.2. The number of anilines is 1. The number of nitrogens with one attached hydrogen (secondary N) is 1. The SMILES string of the molecule is CCCCCOC(=O)C1=C(C)Nc2nc3ccccc3n2[C@@H]1c1ccncc1. The fraction of sp³-hybridized carbons (Fsp3) is 0.318. The minimum atomic E-state index is -0.315. The van der Waals surface area contributed by atoms with Gasteiger partial charge in [-0.2, -0.15) is 0 Å². The van der Waals surface area contributed by atoms with Gasteiger partial charge in [-0.15, -0.1) is 0 Å². The van der Waals surface area contributed by atoms with E-state index in [1.807, 2.05) is 43.3 Å². The lowest BCUT2D eigenvalue weighted by Crippen LogP contribution is -2.29. The van der Waals surface area contributed by atoms with Crippen molar-refractivity contribution in [3.8, 4) is 0 Å². The second-order valence-corrected chi connectivity index (χ2v) is 6.98. The van der Waals surface area contributed by atoms with Gasteiger partial charge in [0.25, 0.3) is 0 Å². The van der Waals surface area contributed by atoms with Gasteiger partial charge in [-0.25, -0.2) is 9.78 Å². The Morgan fingerprint density at radius 2 is 1.96 bits per heavy atom. The third-order valence-corrected chi connectivity index (χ3v) is 5.05. The number of carbonyl (C=O) groups excluding carboxylic acids is 1. The maximum Gasteiger partial charge on any atom is 0.338 e. The first kappa shape index (κ1) is 18.2. The Kier molecular flexibility index (Phi) is 5.10. The molecule has 0 aliphatic carbocycles. The van der Waals surface area contributed by atoms with E-state index in [1.54, 1.807) is 12.4 Å². The van der Waals surface area contributed by atoms with Gasteiger partial charge in [-0.05, 0) is 43.2 Å². The number of esters is 1. The lowest BCUT2D eigenvalue weighted by atomic mass is 9.96. The fourth-order valence-electron chi connectivity index (χ4n) is 3.68. The van der Waals surface area contributed by atoms with Crippen LogP contribution in [0.1, 0.15) is 44.7 Å². The lowest BCUT2D eigenvalue weighted by molar-refractivity contribution is -0.139. The van der Waals surface area contributed by atoms with Gasteiger partial charge in [0.2, 0.25) is 5.95 Å². The van der Waals surface area contributed by atoms with Crippen molar-refractivity contribution < 1.29 is 9.53 Å². The minimum absolute atomic E-state index is 0.286. The van der Waals surface area contributed by atoms with Crippen LogP contribution >= 0.6 is 0 Å². The monoisotopic (exact) mass is 376 g/mol. The number of unbranched alkanes of at least 4 members (excludes halogenated alkanes) is 2. The molecule has 1 aliphatic rings. The predicted molar refractivity (Wildman–Crippen MR) is 109 cm³/mol. The maximum atomic E-state index is 13.1. The van der Waals surface area contributed by atoms with E-state index in [0.29, 0.717) is 12.2 Å². The molecule has 6 heteroatoms. The standard InChI is InChI=1S/C22H24N4O2/c1-3-4-7-14-28-21(27)19-15(2)24-22-25-17-8-5-6-9-18(17)26(22)20(19)16-10-12-23-13-11-16/h5-6,8-13,20H,3-4,7,14H2,1-2H3,(H,24,25)/t20-/m1/s1. The van der Waals surface area contributed by atoms with E-state index in [0.717, 1.165) is 47.5 Å². The number of benzene rings is 1. The summed E-state index contributed by atoms with van der Waals surface area (Å²) in [6.45, 7) is 4.47. The summed E-state index contributed by atoms with van der Waals surface area (Å²) in [5.74, 6) is 0.439. The summed E-state index contributed by atoms with van der Waals surface area (Å²) in [5, 5.41) is 3.30. The first-order chi connectivity index (χ1) is 13.7. The molecular formula is C22H24N4O2. The third kappa shape index (κ3) is 3.26. The average Bonchev–Trinajstić information content (AvgIpc) is 3.08. The second kappa shape index (κ2) is 7.84. The van der Waals surface area contributed by atoms with Crippen LogP contribution in [0.3, 0.4) is 0 Å². The van der Waals surface area contributed by atoms with Crippen LogP contribution in [-0.2, 0) is 9.53 Å². The van der Waals surface area contributed by atoms with Gasteiger partial charge in [0.1, 0.15) is 0 Å². The Bertz CT molecular complexity index is 1020. The smallest absolute Gasteiger partial charge is 0.338 e. The topological polar surface area (TPSA) is 69.0 Å². The molecule has 0 spiro atoms. The number of rotatable bonds is 6. The number of pyridine rings is 1. The van der Waals surface area contributed by atoms with Gasteiger partial charge < -0.3 is 10.1 Å². The summed E-state index contributed by atoms with van der Waals surface area (Å²) in [6.07, 6.45) is 6.51. The van der Waals surface area contributed by atoms with Crippen molar-refractivity contribution in [3.05, 3.63) is 65.6 Å². The number of hydrogen-bond donors (Lipinski definition) is 1. The maximum absolute atomic E-state index is 13.1. The molecule has 0 saturated heterocycles. The molecule has 0 bridgehead atoms. The Labute approximate surface area is 164 Å². The Balaban J connectivity index is 1.79. The van der Waals surface area contributed by atoms with Crippen LogP contribution in [0.5, 0.6) is 0 Å². The van der Waals surface area contributed by atoms with Crippen molar-refractivity contribution in [3.63, 3.8) is 0 Å². The highest BCUT2D eigenvalue weighted by Crippen LogP contribution is 2.39. The quantitative estimate of drug-likeness (QED) is 0.508. The van der Waals surface area contributed by atoms with Gasteiger partial charge in [-0.1, -0.05) is 31.9 Å². The van der Waals surface area contributed by atoms with Crippen molar-refractivity contribution in [1.82, 2.24) is 14.5 Å². The molecule has 3 heterocycles. The Hall–Kier alpha value is -3.15. The van der Waals surface area contributed by atoms with Crippen LogP contribution in [0.2, 0.25) is 0 Å². The van der Waals surface area contributed by atoms with Crippen molar-refractivity contribution in [2.45, 2.75) is 39.2 Å². The van der Waals surface area contributed by atoms with Crippen molar-refractivity contribution in [2.75, 3.05) is 11.9 Å². The lowest BCUT2D eigenvalue weighted by Gasteiger charge is -2.30. The number of imidazole rings is 1. The molecule has 3 aromatic rings. The highest BCUT2D eigenvalue weighted by atomic mass is 16.5. The van der Waals surface area contributed by atoms with Crippen LogP contribution in [-0.4, -0.2) is 27.1 Å². The Morgan fingerprint density at radius 3 is 2.75 bits per heavy atom. The molecule has 1 aromatic carbocycles. The van der Waals surface area contributed by atoms with E-state index < -0.39 is 0 Å². The molecule has 1 N–H and O–H groups in total. The van der Waals surface area contributed by atoms with Crippen molar-refractivity contribution in [1.29, 1.82) is 0 Å². The summed E-state index contributed by atoms with van der Waals surface area (Å²) >= 11 is 0. The summed E-state index contributed by atoms with van der Waals surface area (Å²) in [6, 6.07) is 11.5. The molecule has 4 rings (SSSR count). The molecular weight excluding hydrogens is 352 g/mol. The van der Waals surface area contributed by atoms with E-state index in [9.17, 15) is 4.79 Å². The zero-order valence-electron chi connectivity index (χ0n) is 16.2. The molecule has 28 heavy (non-hydrogen) atoms. The predicted octanol–water partition coefficient (Wildman–Crippen LogP) is 4.45. The molecule has 6 nitrogen and oxygen atoms in total. The number of fused-ring (bicyclic) bond motifs is 3. The Morgan fingerprint density at radius 1 is 1.18 bits per heavy atom. The normalized spacial score (nSPS) is 16.0. The highest BCUT2D eigenvalue weighted by molar-refractivity contribution is 5.94. The van der Waals surface area contributed by atoms with Gasteiger partial charge in [0.15, 0.2) is 0 Å². The molecule has 1 atom stereocenters. The number of para-hydroxylation sites is 2. The first-order valence-electron chi connectivity index (χ1n) is 9.72. The largest absolute Gasteiger partial charge is 0.462 e. The number of hydrogen-bond acceptors (Lipinski definition) is 5. The number of nitrogens with zero attached hydrogens (tertiary/aromatic N) is 3. The summed E-state index contributed by atoms with van der Waals surface area (Å²) in [4.78, 5) is 21.9. The molecule has 1 aliphatic heterocycles. The van der Waals surface area contributed by atoms with Crippen LogP contribution < -0.4 is 5.32 Å². The number of allylic oxidation sites excluding steroid dienone is 1. The molecule has 0 saturated carbocycles. The number of aromatic nitrogens is 3. The van der Waals surface area contributed by atoms with Crippen LogP contribution in [0.4, 0.5) is 5.95 Å². The fourth-order valence-corrected chi connectivity index (χ4v) is 3.68. The molecule has 0 amide bonds. The molecule has 0 unspecified atom stereocenters. The summed E-state index contributed by atoms with van der Waals surface area (Å²) in [7, 11) is 0. The van der Waals surface area contributed by atoms with Crippen LogP contribution in [0.25, 0.3) is 11.0 Å². The van der Waals surface area contributed by atoms with Gasteiger partial charge >= 0.3 is 5.97 Å². The summed E-state index contributed by atoms with van der Waals surface area (Å²) < 4.78 is 7.69. The van der Waals surface area contributed by atoms with Crippen LogP contribution in [0, 0.1) is 0 Å². The summed E-state index contributed by atoms with van der Waals surface area (Å²) in [5.41, 5.74) is 4.20. The van der Waals surface area contributed by atoms with Crippen LogP contribution in [0.15, 0.2) is 60.1 Å². The molecule has 0 fully saturated rings. The zero-order chi connectivity index (χ0) is 19.5. The van der Waals surface area contributed by atoms with Gasteiger partial charge in [0, 0.05) is 18.1 Å².